The number of halogens is 2. The van der Waals surface area contributed by atoms with Gasteiger partial charge < -0.3 is 10.3 Å². The van der Waals surface area contributed by atoms with Gasteiger partial charge in [0.25, 0.3) is 11.8 Å². The molecule has 0 unspecified atom stereocenters. The van der Waals surface area contributed by atoms with E-state index in [4.69, 9.17) is 0 Å². The average Bonchev–Trinajstić information content (AvgIpc) is 3.48. The third-order valence-corrected chi connectivity index (χ3v) is 7.73. The molecule has 2 aliphatic heterocycles. The second kappa shape index (κ2) is 9.41. The number of nitrogens with one attached hydrogen (secondary N) is 2. The van der Waals surface area contributed by atoms with Gasteiger partial charge in [0.05, 0.1) is 11.3 Å². The summed E-state index contributed by atoms with van der Waals surface area (Å²) in [5.74, 6) is -1.87. The molecule has 1 saturated heterocycles. The Hall–Kier alpha value is -5.31. The number of amides is 4. The Morgan fingerprint density at radius 2 is 1.49 bits per heavy atom. The zero-order valence-electron chi connectivity index (χ0n) is 21.5. The highest BCUT2D eigenvalue weighted by molar-refractivity contribution is 6.24. The maximum atomic E-state index is 14.2. The number of hydrogen-bond donors (Lipinski definition) is 2. The lowest BCUT2D eigenvalue weighted by Crippen LogP contribution is -2.44. The molecule has 41 heavy (non-hydrogen) atoms. The van der Waals surface area contributed by atoms with Crippen LogP contribution in [0.25, 0.3) is 10.9 Å². The first-order chi connectivity index (χ1) is 19.9. The lowest BCUT2D eigenvalue weighted by molar-refractivity contribution is -0.120. The van der Waals surface area contributed by atoms with E-state index in [0.29, 0.717) is 11.3 Å². The maximum Gasteiger partial charge on any atom is 0.332 e. The van der Waals surface area contributed by atoms with Crippen molar-refractivity contribution < 1.29 is 23.2 Å². The zero-order valence-corrected chi connectivity index (χ0v) is 21.5. The van der Waals surface area contributed by atoms with Crippen molar-refractivity contribution in [3.05, 3.63) is 131 Å². The number of para-hydroxylation sites is 2. The number of aromatic amines is 1. The van der Waals surface area contributed by atoms with E-state index in [1.807, 2.05) is 24.3 Å². The fraction of sp³-hybridized carbons (Fsp3) is 0.0938. The Morgan fingerprint density at radius 1 is 0.829 bits per heavy atom. The fourth-order valence-electron chi connectivity index (χ4n) is 5.88. The molecule has 0 radical (unpaired) electrons. The van der Waals surface area contributed by atoms with Crippen LogP contribution in [-0.4, -0.2) is 33.8 Å². The molecule has 1 fully saturated rings. The van der Waals surface area contributed by atoms with Crippen LogP contribution in [0.1, 0.15) is 33.2 Å². The van der Waals surface area contributed by atoms with Crippen molar-refractivity contribution in [2.45, 2.75) is 18.5 Å². The van der Waals surface area contributed by atoms with Crippen LogP contribution in [0.4, 0.5) is 25.0 Å². The van der Waals surface area contributed by atoms with E-state index in [0.717, 1.165) is 27.1 Å². The minimum atomic E-state index is -0.836. The van der Waals surface area contributed by atoms with Crippen LogP contribution in [-0.2, 0) is 11.2 Å². The minimum absolute atomic E-state index is 0.112. The van der Waals surface area contributed by atoms with E-state index in [2.05, 4.69) is 10.3 Å². The predicted molar refractivity (Wildman–Crippen MR) is 150 cm³/mol. The number of H-pyrrole nitrogens is 1. The summed E-state index contributed by atoms with van der Waals surface area (Å²) in [4.78, 5) is 47.5. The molecule has 0 bridgehead atoms. The van der Waals surface area contributed by atoms with Gasteiger partial charge in [-0.2, -0.15) is 0 Å². The number of anilines is 2. The number of carbonyl (C=O) groups is 3. The highest BCUT2D eigenvalue weighted by atomic mass is 19.1. The van der Waals surface area contributed by atoms with E-state index in [1.54, 1.807) is 30.3 Å². The number of urea groups is 1. The zero-order chi connectivity index (χ0) is 28.2. The lowest BCUT2D eigenvalue weighted by Gasteiger charge is -2.36. The van der Waals surface area contributed by atoms with Gasteiger partial charge in [-0.1, -0.05) is 42.5 Å². The van der Waals surface area contributed by atoms with Crippen LogP contribution in [0.3, 0.4) is 0 Å². The summed E-state index contributed by atoms with van der Waals surface area (Å²) in [6.07, 6.45) is 0.280. The molecule has 0 aliphatic carbocycles. The molecule has 4 aromatic carbocycles. The summed E-state index contributed by atoms with van der Waals surface area (Å²) in [5.41, 5.74) is 3.83. The second-order valence-corrected chi connectivity index (χ2v) is 10.1. The molecule has 3 heterocycles. The van der Waals surface area contributed by atoms with Crippen LogP contribution in [0.2, 0.25) is 0 Å². The first-order valence-electron chi connectivity index (χ1n) is 13.1. The summed E-state index contributed by atoms with van der Waals surface area (Å²) < 4.78 is 27.3. The third-order valence-electron chi connectivity index (χ3n) is 7.73. The number of fused-ring (bicyclic) bond motifs is 4. The monoisotopic (exact) mass is 548 g/mol. The number of rotatable bonds is 4. The summed E-state index contributed by atoms with van der Waals surface area (Å²) in [7, 11) is 0. The second-order valence-electron chi connectivity index (χ2n) is 10.1. The first-order valence-corrected chi connectivity index (χ1v) is 13.1. The SMILES string of the molecule is O=C(Nc1ccc(F)cc1)c1ccccc1N1C(=O)[C@@H]2Cc3c([nH]c4ccccc34)[C@@H](c3ccc(F)cc3)N2C1=O. The Balaban J connectivity index is 1.31. The Morgan fingerprint density at radius 3 is 2.24 bits per heavy atom. The van der Waals surface area contributed by atoms with Gasteiger partial charge in [0.2, 0.25) is 0 Å². The molecular weight excluding hydrogens is 526 g/mol. The predicted octanol–water partition coefficient (Wildman–Crippen LogP) is 6.18. The van der Waals surface area contributed by atoms with Gasteiger partial charge in [0, 0.05) is 28.7 Å². The van der Waals surface area contributed by atoms with Gasteiger partial charge in [-0.05, 0) is 65.7 Å². The van der Waals surface area contributed by atoms with Crippen molar-refractivity contribution in [1.82, 2.24) is 9.88 Å². The smallest absolute Gasteiger partial charge is 0.332 e. The minimum Gasteiger partial charge on any atom is -0.356 e. The highest BCUT2D eigenvalue weighted by Crippen LogP contribution is 2.45. The van der Waals surface area contributed by atoms with Crippen molar-refractivity contribution in [1.29, 1.82) is 0 Å². The van der Waals surface area contributed by atoms with Crippen molar-refractivity contribution in [3.63, 3.8) is 0 Å². The van der Waals surface area contributed by atoms with Gasteiger partial charge in [-0.3, -0.25) is 14.5 Å². The number of hydrogen-bond acceptors (Lipinski definition) is 3. The molecular formula is C32H22F2N4O3. The molecule has 2 atom stereocenters. The van der Waals surface area contributed by atoms with E-state index >= 15 is 0 Å². The van der Waals surface area contributed by atoms with E-state index in [9.17, 15) is 23.2 Å². The van der Waals surface area contributed by atoms with Crippen molar-refractivity contribution in [3.8, 4) is 0 Å². The molecule has 4 amide bonds. The number of benzene rings is 4. The molecule has 9 heteroatoms. The summed E-state index contributed by atoms with van der Waals surface area (Å²) in [6, 6.07) is 23.2. The summed E-state index contributed by atoms with van der Waals surface area (Å²) in [5, 5.41) is 3.65. The molecule has 0 saturated carbocycles. The summed E-state index contributed by atoms with van der Waals surface area (Å²) >= 11 is 0. The Kier molecular flexibility index (Phi) is 5.67. The molecule has 5 aromatic rings. The van der Waals surface area contributed by atoms with Crippen LogP contribution < -0.4 is 10.2 Å². The molecule has 7 rings (SSSR count). The number of aromatic nitrogens is 1. The van der Waals surface area contributed by atoms with Gasteiger partial charge >= 0.3 is 6.03 Å². The van der Waals surface area contributed by atoms with Crippen LogP contribution in [0, 0.1) is 11.6 Å². The van der Waals surface area contributed by atoms with E-state index in [-0.39, 0.29) is 17.7 Å². The van der Waals surface area contributed by atoms with Gasteiger partial charge in [0.15, 0.2) is 0 Å². The van der Waals surface area contributed by atoms with Crippen molar-refractivity contribution in [2.75, 3.05) is 10.2 Å². The van der Waals surface area contributed by atoms with Crippen molar-refractivity contribution in [2.24, 2.45) is 0 Å². The van der Waals surface area contributed by atoms with Gasteiger partial charge in [0.1, 0.15) is 23.7 Å². The number of imide groups is 1. The Bertz CT molecular complexity index is 1850. The average molecular weight is 549 g/mol. The quantitative estimate of drug-likeness (QED) is 0.263. The topological polar surface area (TPSA) is 85.5 Å². The lowest BCUT2D eigenvalue weighted by atomic mass is 9.89. The van der Waals surface area contributed by atoms with Crippen LogP contribution >= 0.6 is 0 Å². The highest BCUT2D eigenvalue weighted by Gasteiger charge is 2.53. The largest absolute Gasteiger partial charge is 0.356 e. The molecule has 7 nitrogen and oxygen atoms in total. The summed E-state index contributed by atoms with van der Waals surface area (Å²) in [6.45, 7) is 0. The van der Waals surface area contributed by atoms with Crippen LogP contribution in [0.5, 0.6) is 0 Å². The normalized spacial score (nSPS) is 18.0. The number of carbonyl (C=O) groups excluding carboxylic acids is 3. The molecule has 2 N–H and O–H groups in total. The standard InChI is InChI=1S/C32H22F2N4O3/c33-19-11-9-18(10-12-19)29-28-24(22-5-1-3-7-25(22)36-28)17-27-31(40)38(32(41)37(27)29)26-8-4-2-6-23(26)30(39)35-21-15-13-20(34)14-16-21/h1-16,27,29,36H,17H2,(H,35,39)/t27-,29+/m0/s1. The third kappa shape index (κ3) is 3.97. The molecule has 0 spiro atoms. The van der Waals surface area contributed by atoms with E-state index in [1.165, 1.54) is 47.4 Å². The van der Waals surface area contributed by atoms with Gasteiger partial charge in [-0.25, -0.2) is 18.5 Å². The molecule has 2 aliphatic rings. The van der Waals surface area contributed by atoms with Gasteiger partial charge in [-0.15, -0.1) is 0 Å². The first kappa shape index (κ1) is 24.7. The molecule has 202 valence electrons. The Labute approximate surface area is 233 Å². The fourth-order valence-corrected chi connectivity index (χ4v) is 5.88. The van der Waals surface area contributed by atoms with E-state index < -0.39 is 41.6 Å². The molecule has 1 aromatic heterocycles. The van der Waals surface area contributed by atoms with Crippen LogP contribution in [0.15, 0.2) is 97.1 Å². The maximum absolute atomic E-state index is 14.2. The number of nitrogens with zero attached hydrogens (tertiary/aromatic N) is 2. The van der Waals surface area contributed by atoms with Crippen molar-refractivity contribution >= 4 is 40.1 Å².